The average Bonchev–Trinajstić information content (AvgIpc) is 3.16. The molecule has 1 fully saturated rings. The van der Waals surface area contributed by atoms with Crippen LogP contribution in [0.5, 0.6) is 0 Å². The number of anilines is 2. The molecule has 1 aliphatic heterocycles. The van der Waals surface area contributed by atoms with Gasteiger partial charge in [-0.25, -0.2) is 0 Å². The second-order valence-corrected chi connectivity index (χ2v) is 6.36. The van der Waals surface area contributed by atoms with Crippen molar-refractivity contribution in [3.05, 3.63) is 46.7 Å². The van der Waals surface area contributed by atoms with Gasteiger partial charge in [0.1, 0.15) is 0 Å². The first-order chi connectivity index (χ1) is 10.7. The van der Waals surface area contributed by atoms with Crippen molar-refractivity contribution in [2.75, 3.05) is 16.8 Å². The minimum atomic E-state index is -0.00158. The van der Waals surface area contributed by atoms with Gasteiger partial charge in [0.2, 0.25) is 11.8 Å². The third-order valence-corrected chi connectivity index (χ3v) is 4.63. The Morgan fingerprint density at radius 2 is 2.18 bits per heavy atom. The number of hydrogen-bond donors (Lipinski definition) is 1. The number of benzene rings is 1. The van der Waals surface area contributed by atoms with Crippen molar-refractivity contribution >= 4 is 34.5 Å². The molecular formula is C17H18N2O2S. The van der Waals surface area contributed by atoms with Crippen LogP contribution < -0.4 is 10.2 Å². The van der Waals surface area contributed by atoms with Crippen molar-refractivity contribution in [1.29, 1.82) is 0 Å². The summed E-state index contributed by atoms with van der Waals surface area (Å²) < 4.78 is 0. The lowest BCUT2D eigenvalue weighted by Crippen LogP contribution is -2.23. The second-order valence-electron chi connectivity index (χ2n) is 5.33. The quantitative estimate of drug-likeness (QED) is 0.919. The summed E-state index contributed by atoms with van der Waals surface area (Å²) in [7, 11) is 0. The number of carbonyl (C=O) groups is 2. The molecule has 0 bridgehead atoms. The zero-order chi connectivity index (χ0) is 15.4. The van der Waals surface area contributed by atoms with Crippen molar-refractivity contribution in [1.82, 2.24) is 0 Å². The number of amides is 2. The number of carbonyl (C=O) groups excluding carboxylic acids is 2. The Hall–Kier alpha value is -2.14. The molecule has 114 valence electrons. The van der Waals surface area contributed by atoms with Crippen LogP contribution in [-0.2, 0) is 16.0 Å². The Labute approximate surface area is 133 Å². The van der Waals surface area contributed by atoms with Crippen molar-refractivity contribution in [2.45, 2.75) is 25.7 Å². The smallest absolute Gasteiger partial charge is 0.227 e. The van der Waals surface area contributed by atoms with Gasteiger partial charge in [0, 0.05) is 35.6 Å². The van der Waals surface area contributed by atoms with Crippen LogP contribution in [0, 0.1) is 0 Å². The second kappa shape index (κ2) is 6.75. The van der Waals surface area contributed by atoms with E-state index in [2.05, 4.69) is 5.32 Å². The van der Waals surface area contributed by atoms with Crippen molar-refractivity contribution in [3.63, 3.8) is 0 Å². The molecule has 0 radical (unpaired) electrons. The van der Waals surface area contributed by atoms with Gasteiger partial charge in [0.15, 0.2) is 0 Å². The number of nitrogens with zero attached hydrogens (tertiary/aromatic N) is 1. The maximum Gasteiger partial charge on any atom is 0.227 e. The maximum atomic E-state index is 12.0. The molecule has 1 aromatic carbocycles. The van der Waals surface area contributed by atoms with E-state index in [1.807, 2.05) is 41.8 Å². The van der Waals surface area contributed by atoms with Crippen molar-refractivity contribution < 1.29 is 9.59 Å². The summed E-state index contributed by atoms with van der Waals surface area (Å²) in [5.41, 5.74) is 1.60. The first-order valence-electron chi connectivity index (χ1n) is 7.45. The SMILES string of the molecule is O=C(CCc1cccs1)Nc1cccc(N2CCCC2=O)c1. The van der Waals surface area contributed by atoms with Gasteiger partial charge in [-0.2, -0.15) is 0 Å². The molecule has 0 spiro atoms. The van der Waals surface area contributed by atoms with E-state index in [1.54, 1.807) is 16.2 Å². The van der Waals surface area contributed by atoms with Crippen molar-refractivity contribution in [2.24, 2.45) is 0 Å². The molecule has 2 heterocycles. The van der Waals surface area contributed by atoms with E-state index in [1.165, 1.54) is 4.88 Å². The Bertz CT molecular complexity index is 667. The molecule has 1 saturated heterocycles. The lowest BCUT2D eigenvalue weighted by Gasteiger charge is -2.16. The summed E-state index contributed by atoms with van der Waals surface area (Å²) in [5.74, 6) is 0.152. The Balaban J connectivity index is 1.60. The molecule has 0 atom stereocenters. The van der Waals surface area contributed by atoms with E-state index >= 15 is 0 Å². The minimum Gasteiger partial charge on any atom is -0.326 e. The van der Waals surface area contributed by atoms with Crippen LogP contribution >= 0.6 is 11.3 Å². The van der Waals surface area contributed by atoms with Gasteiger partial charge in [0.05, 0.1) is 0 Å². The number of rotatable bonds is 5. The van der Waals surface area contributed by atoms with E-state index in [0.717, 1.165) is 30.8 Å². The van der Waals surface area contributed by atoms with E-state index in [4.69, 9.17) is 0 Å². The van der Waals surface area contributed by atoms with Gasteiger partial charge in [-0.15, -0.1) is 11.3 Å². The molecule has 22 heavy (non-hydrogen) atoms. The lowest BCUT2D eigenvalue weighted by molar-refractivity contribution is -0.117. The monoisotopic (exact) mass is 314 g/mol. The highest BCUT2D eigenvalue weighted by Crippen LogP contribution is 2.24. The maximum absolute atomic E-state index is 12.0. The average molecular weight is 314 g/mol. The number of nitrogens with one attached hydrogen (secondary N) is 1. The summed E-state index contributed by atoms with van der Waals surface area (Å²) in [6, 6.07) is 11.5. The van der Waals surface area contributed by atoms with Gasteiger partial charge in [-0.1, -0.05) is 12.1 Å². The summed E-state index contributed by atoms with van der Waals surface area (Å²) in [6.07, 6.45) is 2.73. The lowest BCUT2D eigenvalue weighted by atomic mass is 10.2. The van der Waals surface area contributed by atoms with Crippen molar-refractivity contribution in [3.8, 4) is 0 Å². The first kappa shape index (κ1) is 14.8. The topological polar surface area (TPSA) is 49.4 Å². The van der Waals surface area contributed by atoms with Crippen LogP contribution in [0.3, 0.4) is 0 Å². The highest BCUT2D eigenvalue weighted by molar-refractivity contribution is 7.09. The molecule has 1 aliphatic rings. The van der Waals surface area contributed by atoms with Gasteiger partial charge < -0.3 is 10.2 Å². The summed E-state index contributed by atoms with van der Waals surface area (Å²) in [6.45, 7) is 0.759. The zero-order valence-electron chi connectivity index (χ0n) is 12.2. The Morgan fingerprint density at radius 1 is 1.27 bits per heavy atom. The number of hydrogen-bond acceptors (Lipinski definition) is 3. The van der Waals surface area contributed by atoms with Crippen LogP contribution in [0.25, 0.3) is 0 Å². The van der Waals surface area contributed by atoms with Gasteiger partial charge >= 0.3 is 0 Å². The van der Waals surface area contributed by atoms with Crippen LogP contribution in [0.4, 0.5) is 11.4 Å². The zero-order valence-corrected chi connectivity index (χ0v) is 13.1. The molecule has 1 aromatic heterocycles. The normalized spacial score (nSPS) is 14.4. The molecule has 2 aromatic rings. The minimum absolute atomic E-state index is 0.00158. The van der Waals surface area contributed by atoms with E-state index in [-0.39, 0.29) is 11.8 Å². The first-order valence-corrected chi connectivity index (χ1v) is 8.33. The molecule has 4 nitrogen and oxygen atoms in total. The third-order valence-electron chi connectivity index (χ3n) is 3.69. The molecule has 0 aliphatic carbocycles. The highest BCUT2D eigenvalue weighted by Gasteiger charge is 2.21. The van der Waals surface area contributed by atoms with Crippen LogP contribution in [0.15, 0.2) is 41.8 Å². The molecule has 0 saturated carbocycles. The highest BCUT2D eigenvalue weighted by atomic mass is 32.1. The van der Waals surface area contributed by atoms with E-state index in [9.17, 15) is 9.59 Å². The molecule has 5 heteroatoms. The van der Waals surface area contributed by atoms with Crippen LogP contribution in [-0.4, -0.2) is 18.4 Å². The predicted octanol–water partition coefficient (Wildman–Crippen LogP) is 3.45. The van der Waals surface area contributed by atoms with E-state index in [0.29, 0.717) is 12.8 Å². The number of thiophene rings is 1. The van der Waals surface area contributed by atoms with Crippen LogP contribution in [0.2, 0.25) is 0 Å². The fourth-order valence-corrected chi connectivity index (χ4v) is 3.30. The predicted molar refractivity (Wildman–Crippen MR) is 89.3 cm³/mol. The third kappa shape index (κ3) is 3.54. The fraction of sp³-hybridized carbons (Fsp3) is 0.294. The molecule has 2 amide bonds. The summed E-state index contributed by atoms with van der Waals surface area (Å²) >= 11 is 1.67. The van der Waals surface area contributed by atoms with E-state index < -0.39 is 0 Å². The Morgan fingerprint density at radius 3 is 2.91 bits per heavy atom. The molecular weight excluding hydrogens is 296 g/mol. The van der Waals surface area contributed by atoms with Crippen LogP contribution in [0.1, 0.15) is 24.1 Å². The van der Waals surface area contributed by atoms with Gasteiger partial charge in [0.25, 0.3) is 0 Å². The Kier molecular flexibility index (Phi) is 4.53. The fourth-order valence-electron chi connectivity index (χ4n) is 2.59. The standard InChI is InChI=1S/C17H18N2O2S/c20-16(9-8-15-6-3-11-22-15)18-13-4-1-5-14(12-13)19-10-2-7-17(19)21/h1,3-6,11-12H,2,7-10H2,(H,18,20). The molecule has 0 unspecified atom stereocenters. The summed E-state index contributed by atoms with van der Waals surface area (Å²) in [5, 5.41) is 4.93. The largest absolute Gasteiger partial charge is 0.326 e. The summed E-state index contributed by atoms with van der Waals surface area (Å²) in [4.78, 5) is 26.8. The van der Waals surface area contributed by atoms with Gasteiger partial charge in [-0.05, 0) is 42.5 Å². The number of aryl methyl sites for hydroxylation is 1. The molecule has 3 rings (SSSR count). The molecule has 1 N–H and O–H groups in total. The van der Waals surface area contributed by atoms with Gasteiger partial charge in [-0.3, -0.25) is 9.59 Å².